The second kappa shape index (κ2) is 7.37. The van der Waals surface area contributed by atoms with Gasteiger partial charge in [0.25, 0.3) is 5.91 Å². The number of esters is 1. The molecule has 0 bridgehead atoms. The summed E-state index contributed by atoms with van der Waals surface area (Å²) < 4.78 is 18.0. The molecule has 0 spiro atoms. The van der Waals surface area contributed by atoms with Crippen molar-refractivity contribution in [1.82, 2.24) is 0 Å². The Labute approximate surface area is 138 Å². The number of carbonyl (C=O) groups excluding carboxylic acids is 2. The van der Waals surface area contributed by atoms with Crippen molar-refractivity contribution in [2.45, 2.75) is 33.3 Å². The third-order valence-corrected chi connectivity index (χ3v) is 4.67. The molecular weight excluding hydrogens is 317 g/mol. The van der Waals surface area contributed by atoms with Crippen LogP contribution in [0.4, 0.5) is 10.1 Å². The van der Waals surface area contributed by atoms with Gasteiger partial charge in [-0.3, -0.25) is 4.79 Å². The van der Waals surface area contributed by atoms with Gasteiger partial charge in [0.2, 0.25) is 0 Å². The van der Waals surface area contributed by atoms with Gasteiger partial charge in [0, 0.05) is 10.6 Å². The Morgan fingerprint density at radius 2 is 1.96 bits per heavy atom. The van der Waals surface area contributed by atoms with Crippen LogP contribution in [-0.4, -0.2) is 18.0 Å². The smallest absolute Gasteiger partial charge is 0.349 e. The Morgan fingerprint density at radius 3 is 2.52 bits per heavy atom. The van der Waals surface area contributed by atoms with Crippen molar-refractivity contribution in [3.8, 4) is 0 Å². The van der Waals surface area contributed by atoms with E-state index in [1.54, 1.807) is 6.07 Å². The first kappa shape index (κ1) is 17.1. The predicted octanol–water partition coefficient (Wildman–Crippen LogP) is 3.94. The molecule has 6 heteroatoms. The van der Waals surface area contributed by atoms with Crippen LogP contribution in [-0.2, 0) is 16.0 Å². The van der Waals surface area contributed by atoms with E-state index < -0.39 is 18.0 Å². The molecule has 1 heterocycles. The van der Waals surface area contributed by atoms with Gasteiger partial charge in [-0.25, -0.2) is 9.18 Å². The molecule has 0 saturated heterocycles. The number of hydrogen-bond acceptors (Lipinski definition) is 4. The van der Waals surface area contributed by atoms with Gasteiger partial charge in [-0.15, -0.1) is 11.3 Å². The molecule has 1 amide bonds. The number of nitrogens with one attached hydrogen (secondary N) is 1. The third kappa shape index (κ3) is 4.39. The third-order valence-electron chi connectivity index (χ3n) is 3.31. The maximum Gasteiger partial charge on any atom is 0.349 e. The molecular formula is C17H18FNO3S. The van der Waals surface area contributed by atoms with E-state index in [9.17, 15) is 14.0 Å². The van der Waals surface area contributed by atoms with Crippen LogP contribution in [0.3, 0.4) is 0 Å². The van der Waals surface area contributed by atoms with E-state index in [4.69, 9.17) is 4.74 Å². The summed E-state index contributed by atoms with van der Waals surface area (Å²) in [5.74, 6) is -1.37. The first-order valence-corrected chi connectivity index (χ1v) is 8.09. The number of ether oxygens (including phenoxy) is 1. The second-order valence-electron chi connectivity index (χ2n) is 5.11. The number of anilines is 1. The average molecular weight is 335 g/mol. The van der Waals surface area contributed by atoms with Crippen molar-refractivity contribution < 1.29 is 18.7 Å². The van der Waals surface area contributed by atoms with Crippen LogP contribution in [0.5, 0.6) is 0 Å². The summed E-state index contributed by atoms with van der Waals surface area (Å²) in [4.78, 5) is 25.7. The lowest BCUT2D eigenvalue weighted by atomic mass is 10.2. The minimum Gasteiger partial charge on any atom is -0.448 e. The molecule has 23 heavy (non-hydrogen) atoms. The molecule has 0 aliphatic carbocycles. The second-order valence-corrected chi connectivity index (χ2v) is 6.25. The lowest BCUT2D eigenvalue weighted by Gasteiger charge is -2.13. The number of thiophene rings is 1. The number of carbonyl (C=O) groups is 2. The molecule has 0 aliphatic rings. The van der Waals surface area contributed by atoms with Crippen molar-refractivity contribution in [1.29, 1.82) is 0 Å². The van der Waals surface area contributed by atoms with E-state index in [2.05, 4.69) is 5.32 Å². The fourth-order valence-corrected chi connectivity index (χ4v) is 3.02. The van der Waals surface area contributed by atoms with Crippen molar-refractivity contribution in [3.05, 3.63) is 51.5 Å². The van der Waals surface area contributed by atoms with Crippen LogP contribution in [0.25, 0.3) is 0 Å². The summed E-state index contributed by atoms with van der Waals surface area (Å²) in [6, 6.07) is 7.15. The minimum absolute atomic E-state index is 0.387. The van der Waals surface area contributed by atoms with Crippen molar-refractivity contribution >= 4 is 28.9 Å². The number of amides is 1. The molecule has 2 rings (SSSR count). The van der Waals surface area contributed by atoms with Crippen molar-refractivity contribution in [2.24, 2.45) is 0 Å². The highest BCUT2D eigenvalue weighted by Gasteiger charge is 2.21. The highest BCUT2D eigenvalue weighted by atomic mass is 32.1. The van der Waals surface area contributed by atoms with Crippen LogP contribution in [0, 0.1) is 12.7 Å². The van der Waals surface area contributed by atoms with E-state index >= 15 is 0 Å². The summed E-state index contributed by atoms with van der Waals surface area (Å²) >= 11 is 1.38. The van der Waals surface area contributed by atoms with Crippen LogP contribution in [0.15, 0.2) is 30.3 Å². The van der Waals surface area contributed by atoms with Gasteiger partial charge in [0.1, 0.15) is 10.7 Å². The topological polar surface area (TPSA) is 55.4 Å². The van der Waals surface area contributed by atoms with Crippen LogP contribution >= 0.6 is 11.3 Å². The quantitative estimate of drug-likeness (QED) is 0.842. The average Bonchev–Trinajstić information content (AvgIpc) is 2.90. The first-order valence-electron chi connectivity index (χ1n) is 7.27. The Balaban J connectivity index is 1.96. The van der Waals surface area contributed by atoms with Crippen LogP contribution < -0.4 is 5.32 Å². The van der Waals surface area contributed by atoms with E-state index in [0.29, 0.717) is 10.6 Å². The first-order chi connectivity index (χ1) is 10.9. The Morgan fingerprint density at radius 1 is 1.30 bits per heavy atom. The molecule has 1 N–H and O–H groups in total. The van der Waals surface area contributed by atoms with Gasteiger partial charge in [-0.1, -0.05) is 6.92 Å². The molecule has 122 valence electrons. The standard InChI is InChI=1S/C17H18FNO3S/c1-4-14-10(2)9-15(23-14)17(21)22-11(3)16(20)19-13-7-5-12(18)6-8-13/h5-9,11H,4H2,1-3H3,(H,19,20)/t11-/m0/s1. The maximum atomic E-state index is 12.8. The van der Waals surface area contributed by atoms with Gasteiger partial charge in [-0.05, 0) is 56.2 Å². The zero-order valence-corrected chi connectivity index (χ0v) is 14.0. The number of rotatable bonds is 5. The summed E-state index contributed by atoms with van der Waals surface area (Å²) in [6.07, 6.45) is -0.0928. The lowest BCUT2D eigenvalue weighted by molar-refractivity contribution is -0.123. The normalized spacial score (nSPS) is 11.8. The largest absolute Gasteiger partial charge is 0.448 e. The predicted molar refractivity (Wildman–Crippen MR) is 88.3 cm³/mol. The molecule has 2 aromatic rings. The van der Waals surface area contributed by atoms with Gasteiger partial charge in [0.05, 0.1) is 0 Å². The highest BCUT2D eigenvalue weighted by Crippen LogP contribution is 2.23. The molecule has 0 radical (unpaired) electrons. The zero-order chi connectivity index (χ0) is 17.0. The molecule has 0 saturated carbocycles. The molecule has 1 atom stereocenters. The Bertz CT molecular complexity index is 709. The maximum absolute atomic E-state index is 12.8. The minimum atomic E-state index is -0.944. The fraction of sp³-hybridized carbons (Fsp3) is 0.294. The number of halogens is 1. The monoisotopic (exact) mass is 335 g/mol. The van der Waals surface area contributed by atoms with Crippen LogP contribution in [0.2, 0.25) is 0 Å². The molecule has 0 aliphatic heterocycles. The fourth-order valence-electron chi connectivity index (χ4n) is 2.02. The Kier molecular flexibility index (Phi) is 5.50. The number of hydrogen-bond donors (Lipinski definition) is 1. The molecule has 0 fully saturated rings. The van der Waals surface area contributed by atoms with E-state index in [-0.39, 0.29) is 5.82 Å². The number of benzene rings is 1. The lowest BCUT2D eigenvalue weighted by Crippen LogP contribution is -2.29. The van der Waals surface area contributed by atoms with E-state index in [1.165, 1.54) is 42.5 Å². The van der Waals surface area contributed by atoms with Crippen molar-refractivity contribution in [2.75, 3.05) is 5.32 Å². The van der Waals surface area contributed by atoms with Gasteiger partial charge >= 0.3 is 5.97 Å². The van der Waals surface area contributed by atoms with Gasteiger partial charge in [0.15, 0.2) is 6.10 Å². The molecule has 0 unspecified atom stereocenters. The molecule has 1 aromatic heterocycles. The van der Waals surface area contributed by atoms with Gasteiger partial charge in [-0.2, -0.15) is 0 Å². The van der Waals surface area contributed by atoms with E-state index in [0.717, 1.165) is 16.9 Å². The summed E-state index contributed by atoms with van der Waals surface area (Å²) in [6.45, 7) is 5.46. The van der Waals surface area contributed by atoms with Crippen LogP contribution in [0.1, 0.15) is 34.0 Å². The number of aryl methyl sites for hydroxylation is 2. The van der Waals surface area contributed by atoms with Gasteiger partial charge < -0.3 is 10.1 Å². The zero-order valence-electron chi connectivity index (χ0n) is 13.2. The summed E-state index contributed by atoms with van der Waals surface area (Å²) in [7, 11) is 0. The molecule has 4 nitrogen and oxygen atoms in total. The summed E-state index contributed by atoms with van der Waals surface area (Å²) in [5, 5.41) is 2.57. The Hall–Kier alpha value is -2.21. The highest BCUT2D eigenvalue weighted by molar-refractivity contribution is 7.14. The summed E-state index contributed by atoms with van der Waals surface area (Å²) in [5.41, 5.74) is 1.49. The van der Waals surface area contributed by atoms with E-state index in [1.807, 2.05) is 13.8 Å². The van der Waals surface area contributed by atoms with Crippen molar-refractivity contribution in [3.63, 3.8) is 0 Å². The molecule has 1 aromatic carbocycles. The SMILES string of the molecule is CCc1sc(C(=O)O[C@@H](C)C(=O)Nc2ccc(F)cc2)cc1C.